The average molecular weight is 543 g/mol. The lowest BCUT2D eigenvalue weighted by Crippen LogP contribution is -2.54. The van der Waals surface area contributed by atoms with Crippen molar-refractivity contribution in [1.82, 2.24) is 25.0 Å². The van der Waals surface area contributed by atoms with E-state index in [1.54, 1.807) is 6.20 Å². The van der Waals surface area contributed by atoms with Gasteiger partial charge in [-0.25, -0.2) is 9.97 Å². The van der Waals surface area contributed by atoms with Crippen LogP contribution >= 0.6 is 11.5 Å². The minimum absolute atomic E-state index is 0.0164. The quantitative estimate of drug-likeness (QED) is 0.394. The second kappa shape index (κ2) is 11.3. The van der Waals surface area contributed by atoms with Gasteiger partial charge in [0.2, 0.25) is 0 Å². The van der Waals surface area contributed by atoms with Gasteiger partial charge in [-0.05, 0) is 99.8 Å². The number of rotatable bonds is 7. The number of anilines is 3. The maximum Gasteiger partial charge on any atom is 0.251 e. The summed E-state index contributed by atoms with van der Waals surface area (Å²) in [6.07, 6.45) is 8.15. The first kappa shape index (κ1) is 25.7. The Morgan fingerprint density at radius 3 is 2.67 bits per heavy atom. The Hall–Kier alpha value is -3.55. The molecule has 6 rings (SSSR count). The fraction of sp³-hybridized carbons (Fsp3) is 0.483. The van der Waals surface area contributed by atoms with Gasteiger partial charge >= 0.3 is 0 Å². The molecule has 0 radical (unpaired) electrons. The van der Waals surface area contributed by atoms with E-state index in [2.05, 4.69) is 61.4 Å². The van der Waals surface area contributed by atoms with E-state index in [0.717, 1.165) is 56.0 Å². The standard InChI is InChI=1S/C29H34N8OS/c1-18-23(33-29(38)22-8-6-20(7-9-22)19-4-5-19)3-2-14-37(18)26-17-32-25(16-30)28(34-26)35-27-15-24(36-39-27)21-10-12-31-13-11-21/h6-9,15,17-19,21,23,31H,2-5,10-14H2,1H3,(H,33,38)(H,34,35)/t18-,23-/m1/s1. The third-order valence-corrected chi connectivity index (χ3v) is 8.93. The van der Waals surface area contributed by atoms with Crippen molar-refractivity contribution in [3.8, 4) is 6.07 Å². The lowest BCUT2D eigenvalue weighted by molar-refractivity contribution is 0.0924. The summed E-state index contributed by atoms with van der Waals surface area (Å²) in [4.78, 5) is 24.5. The highest BCUT2D eigenvalue weighted by Crippen LogP contribution is 2.40. The number of carbonyl (C=O) groups is 1. The van der Waals surface area contributed by atoms with Crippen molar-refractivity contribution in [3.05, 3.63) is 59.0 Å². The number of nitriles is 1. The van der Waals surface area contributed by atoms with E-state index in [1.165, 1.54) is 29.9 Å². The monoisotopic (exact) mass is 542 g/mol. The van der Waals surface area contributed by atoms with Crippen LogP contribution in [0.25, 0.3) is 0 Å². The zero-order valence-electron chi connectivity index (χ0n) is 22.2. The van der Waals surface area contributed by atoms with Crippen molar-refractivity contribution in [1.29, 1.82) is 5.26 Å². The highest BCUT2D eigenvalue weighted by atomic mass is 32.1. The van der Waals surface area contributed by atoms with Crippen LogP contribution in [0.3, 0.4) is 0 Å². The van der Waals surface area contributed by atoms with Gasteiger partial charge in [-0.15, -0.1) is 0 Å². The van der Waals surface area contributed by atoms with E-state index in [0.29, 0.717) is 29.0 Å². The molecule has 1 aromatic carbocycles. The van der Waals surface area contributed by atoms with Crippen molar-refractivity contribution in [3.63, 3.8) is 0 Å². The van der Waals surface area contributed by atoms with Gasteiger partial charge in [0.25, 0.3) is 5.91 Å². The Morgan fingerprint density at radius 1 is 1.13 bits per heavy atom. The number of aromatic nitrogens is 3. The largest absolute Gasteiger partial charge is 0.351 e. The van der Waals surface area contributed by atoms with Crippen LogP contribution in [-0.2, 0) is 0 Å². The number of nitrogens with one attached hydrogen (secondary N) is 3. The molecule has 1 saturated carbocycles. The summed E-state index contributed by atoms with van der Waals surface area (Å²) < 4.78 is 4.66. The molecule has 1 aliphatic carbocycles. The third kappa shape index (κ3) is 5.75. The molecular formula is C29H34N8OS. The van der Waals surface area contributed by atoms with Gasteiger partial charge in [-0.3, -0.25) is 4.79 Å². The summed E-state index contributed by atoms with van der Waals surface area (Å²) in [5.41, 5.74) is 3.37. The van der Waals surface area contributed by atoms with Crippen molar-refractivity contribution < 1.29 is 4.79 Å². The number of amides is 1. The molecule has 0 bridgehead atoms. The van der Waals surface area contributed by atoms with Crippen LogP contribution in [0.15, 0.2) is 36.5 Å². The minimum Gasteiger partial charge on any atom is -0.351 e. The molecule has 0 unspecified atom stereocenters. The molecule has 4 heterocycles. The molecule has 1 amide bonds. The van der Waals surface area contributed by atoms with Gasteiger partial charge in [0.15, 0.2) is 11.5 Å². The van der Waals surface area contributed by atoms with Crippen molar-refractivity contribution >= 4 is 34.1 Å². The van der Waals surface area contributed by atoms with Gasteiger partial charge in [-0.1, -0.05) is 12.1 Å². The van der Waals surface area contributed by atoms with E-state index >= 15 is 0 Å². The van der Waals surface area contributed by atoms with Crippen molar-refractivity contribution in [2.75, 3.05) is 29.9 Å². The Morgan fingerprint density at radius 2 is 1.92 bits per heavy atom. The number of hydrogen-bond acceptors (Lipinski definition) is 9. The molecule has 2 saturated heterocycles. The Bertz CT molecular complexity index is 1360. The number of hydrogen-bond donors (Lipinski definition) is 3. The molecule has 10 heteroatoms. The molecule has 9 nitrogen and oxygen atoms in total. The Labute approximate surface area is 233 Å². The van der Waals surface area contributed by atoms with E-state index < -0.39 is 0 Å². The summed E-state index contributed by atoms with van der Waals surface area (Å²) in [6.45, 7) is 4.95. The first-order valence-electron chi connectivity index (χ1n) is 14.0. The highest BCUT2D eigenvalue weighted by Gasteiger charge is 2.31. The van der Waals surface area contributed by atoms with Gasteiger partial charge in [0, 0.05) is 30.1 Å². The topological polar surface area (TPSA) is 119 Å². The van der Waals surface area contributed by atoms with Crippen LogP contribution < -0.4 is 20.9 Å². The molecule has 2 aromatic heterocycles. The van der Waals surface area contributed by atoms with Crippen molar-refractivity contribution in [2.24, 2.45) is 0 Å². The first-order valence-corrected chi connectivity index (χ1v) is 14.8. The van der Waals surface area contributed by atoms with Crippen LogP contribution in [0, 0.1) is 11.3 Å². The Kier molecular flexibility index (Phi) is 7.44. The predicted molar refractivity (Wildman–Crippen MR) is 153 cm³/mol. The third-order valence-electron chi connectivity index (χ3n) is 8.21. The molecule has 39 heavy (non-hydrogen) atoms. The van der Waals surface area contributed by atoms with Gasteiger partial charge < -0.3 is 20.9 Å². The molecule has 202 valence electrons. The SMILES string of the molecule is C[C@@H]1[C@H](NC(=O)c2ccc(C3CC3)cc2)CCCN1c1cnc(C#N)c(Nc2cc(C3CCNCC3)ns2)n1. The molecule has 3 aromatic rings. The molecule has 0 spiro atoms. The number of nitrogens with zero attached hydrogens (tertiary/aromatic N) is 5. The Balaban J connectivity index is 1.15. The summed E-state index contributed by atoms with van der Waals surface area (Å²) >= 11 is 1.39. The fourth-order valence-electron chi connectivity index (χ4n) is 5.70. The van der Waals surface area contributed by atoms with Crippen LogP contribution in [0.5, 0.6) is 0 Å². The van der Waals surface area contributed by atoms with E-state index in [1.807, 2.05) is 12.1 Å². The van der Waals surface area contributed by atoms with Gasteiger partial charge in [-0.2, -0.15) is 9.64 Å². The molecule has 3 fully saturated rings. The molecule has 3 N–H and O–H groups in total. The van der Waals surface area contributed by atoms with E-state index in [9.17, 15) is 10.1 Å². The summed E-state index contributed by atoms with van der Waals surface area (Å²) in [5, 5.41) is 20.5. The lowest BCUT2D eigenvalue weighted by atomic mass is 9.95. The van der Waals surface area contributed by atoms with Crippen molar-refractivity contribution in [2.45, 2.75) is 69.4 Å². The zero-order chi connectivity index (χ0) is 26.8. The van der Waals surface area contributed by atoms with Gasteiger partial charge in [0.1, 0.15) is 16.9 Å². The second-order valence-electron chi connectivity index (χ2n) is 10.9. The van der Waals surface area contributed by atoms with E-state index in [-0.39, 0.29) is 23.7 Å². The maximum atomic E-state index is 13.0. The average Bonchev–Trinajstić information content (AvgIpc) is 3.73. The summed E-state index contributed by atoms with van der Waals surface area (Å²) in [5.74, 6) is 2.22. The fourth-order valence-corrected chi connectivity index (χ4v) is 6.42. The predicted octanol–water partition coefficient (Wildman–Crippen LogP) is 4.68. The van der Waals surface area contributed by atoms with Crippen LogP contribution in [-0.4, -0.2) is 52.0 Å². The summed E-state index contributed by atoms with van der Waals surface area (Å²) in [7, 11) is 0. The lowest BCUT2D eigenvalue weighted by Gasteiger charge is -2.40. The van der Waals surface area contributed by atoms with Crippen LogP contribution in [0.4, 0.5) is 16.6 Å². The number of carbonyl (C=O) groups excluding carboxylic acids is 1. The molecular weight excluding hydrogens is 508 g/mol. The van der Waals surface area contributed by atoms with Crippen LogP contribution in [0.2, 0.25) is 0 Å². The molecule has 2 aliphatic heterocycles. The summed E-state index contributed by atoms with van der Waals surface area (Å²) in [6, 6.07) is 12.3. The number of piperidine rings is 2. The van der Waals surface area contributed by atoms with E-state index in [4.69, 9.17) is 4.98 Å². The minimum atomic E-state index is -0.0425. The van der Waals surface area contributed by atoms with Gasteiger partial charge in [0.05, 0.1) is 11.9 Å². The second-order valence-corrected chi connectivity index (χ2v) is 11.7. The molecule has 3 aliphatic rings. The zero-order valence-corrected chi connectivity index (χ0v) is 23.0. The normalized spacial score (nSPS) is 21.8. The number of benzene rings is 1. The van der Waals surface area contributed by atoms with Crippen LogP contribution in [0.1, 0.15) is 84.6 Å². The highest BCUT2D eigenvalue weighted by molar-refractivity contribution is 7.10. The first-order chi connectivity index (χ1) is 19.1. The maximum absolute atomic E-state index is 13.0. The smallest absolute Gasteiger partial charge is 0.251 e. The molecule has 2 atom stereocenters.